The molecule has 9 heteroatoms. The minimum Gasteiger partial charge on any atom is -0.344 e. The molecule has 0 fully saturated rings. The van der Waals surface area contributed by atoms with Gasteiger partial charge in [0.1, 0.15) is 12.1 Å². The van der Waals surface area contributed by atoms with Gasteiger partial charge in [-0.25, -0.2) is 5.48 Å². The smallest absolute Gasteiger partial charge is 0.246 e. The van der Waals surface area contributed by atoms with Crippen LogP contribution in [0.3, 0.4) is 0 Å². The van der Waals surface area contributed by atoms with Crippen LogP contribution in [0.2, 0.25) is 0 Å². The molecule has 5 N–H and O–H groups in total. The van der Waals surface area contributed by atoms with Gasteiger partial charge in [-0.15, -0.1) is 0 Å². The number of hydrogen-bond acceptors (Lipinski definition) is 5. The Hall–Kier alpha value is -3.46. The molecule has 178 valence electrons. The molecule has 0 saturated heterocycles. The van der Waals surface area contributed by atoms with Crippen molar-refractivity contribution < 1.29 is 24.4 Å². The summed E-state index contributed by atoms with van der Waals surface area (Å²) in [5, 5.41) is 18.6. The number of hydrogen-bond donors (Lipinski definition) is 5. The maximum absolute atomic E-state index is 12.6. The number of carbonyl (C=O) groups excluding carboxylic acids is 4. The molecule has 0 bridgehead atoms. The molecule has 3 atom stereocenters. The molecule has 0 heterocycles. The van der Waals surface area contributed by atoms with E-state index >= 15 is 0 Å². The lowest BCUT2D eigenvalue weighted by Gasteiger charge is -2.22. The van der Waals surface area contributed by atoms with Gasteiger partial charge in [-0.2, -0.15) is 0 Å². The van der Waals surface area contributed by atoms with Crippen LogP contribution in [0.25, 0.3) is 10.8 Å². The number of fused-ring (bicyclic) bond motifs is 1. The molecule has 4 amide bonds. The lowest BCUT2D eigenvalue weighted by atomic mass is 9.93. The van der Waals surface area contributed by atoms with Gasteiger partial charge in [-0.05, 0) is 37.6 Å². The fraction of sp³-hybridized carbons (Fsp3) is 0.417. The topological polar surface area (TPSA) is 137 Å². The van der Waals surface area contributed by atoms with Crippen molar-refractivity contribution in [3.8, 4) is 0 Å². The SMILES string of the molecule is CC(C)C[C@H](CC(=O)NO)C(=O)N[C@H](C)C(=O)N[C@@H](C)C(=O)Nc1cccc2ccccc12. The van der Waals surface area contributed by atoms with Crippen LogP contribution in [-0.2, 0) is 19.2 Å². The second kappa shape index (κ2) is 12.0. The number of hydroxylamine groups is 1. The molecule has 0 saturated carbocycles. The Morgan fingerprint density at radius 1 is 0.818 bits per heavy atom. The summed E-state index contributed by atoms with van der Waals surface area (Å²) in [7, 11) is 0. The molecule has 33 heavy (non-hydrogen) atoms. The molecular formula is C24H32N4O5. The molecule has 0 aliphatic rings. The number of amides is 4. The van der Waals surface area contributed by atoms with Crippen molar-refractivity contribution in [2.24, 2.45) is 11.8 Å². The summed E-state index contributed by atoms with van der Waals surface area (Å²) in [5.41, 5.74) is 2.16. The lowest BCUT2D eigenvalue weighted by molar-refractivity contribution is -0.136. The van der Waals surface area contributed by atoms with E-state index in [1.807, 2.05) is 50.2 Å². The predicted octanol–water partition coefficient (Wildman–Crippen LogP) is 2.35. The Balaban J connectivity index is 1.96. The number of carbonyl (C=O) groups is 4. The van der Waals surface area contributed by atoms with Gasteiger partial charge in [0.15, 0.2) is 0 Å². The molecule has 2 aromatic carbocycles. The van der Waals surface area contributed by atoms with Crippen molar-refractivity contribution in [2.45, 2.75) is 52.6 Å². The van der Waals surface area contributed by atoms with Gasteiger partial charge in [0.05, 0.1) is 0 Å². The summed E-state index contributed by atoms with van der Waals surface area (Å²) in [6, 6.07) is 11.4. The Labute approximate surface area is 193 Å². The molecular weight excluding hydrogens is 424 g/mol. The van der Waals surface area contributed by atoms with Gasteiger partial charge in [0.25, 0.3) is 0 Å². The van der Waals surface area contributed by atoms with Crippen LogP contribution < -0.4 is 21.4 Å². The Morgan fingerprint density at radius 2 is 1.42 bits per heavy atom. The maximum atomic E-state index is 12.6. The first kappa shape index (κ1) is 25.8. The van der Waals surface area contributed by atoms with E-state index in [2.05, 4.69) is 16.0 Å². The highest BCUT2D eigenvalue weighted by atomic mass is 16.5. The quantitative estimate of drug-likeness (QED) is 0.276. The molecule has 0 aliphatic heterocycles. The van der Waals surface area contributed by atoms with Gasteiger partial charge in [0, 0.05) is 23.4 Å². The zero-order valence-corrected chi connectivity index (χ0v) is 19.3. The molecule has 2 rings (SSSR count). The van der Waals surface area contributed by atoms with Crippen molar-refractivity contribution in [3.63, 3.8) is 0 Å². The van der Waals surface area contributed by atoms with Crippen LogP contribution in [0.15, 0.2) is 42.5 Å². The molecule has 0 spiro atoms. The standard InChI is InChI=1S/C24H32N4O5/c1-14(2)12-18(13-21(29)28-33)24(32)26-15(3)22(30)25-16(4)23(31)27-20-11-7-9-17-8-5-6-10-19(17)20/h5-11,14-16,18,33H,12-13H2,1-4H3,(H,25,30)(H,26,32)(H,27,31)(H,28,29)/t15-,16+,18-/m1/s1. The summed E-state index contributed by atoms with van der Waals surface area (Å²) in [4.78, 5) is 49.3. The molecule has 0 aromatic heterocycles. The van der Waals surface area contributed by atoms with Crippen LogP contribution in [0.4, 0.5) is 5.69 Å². The largest absolute Gasteiger partial charge is 0.344 e. The van der Waals surface area contributed by atoms with Crippen molar-refractivity contribution in [3.05, 3.63) is 42.5 Å². The third kappa shape index (κ3) is 7.57. The Bertz CT molecular complexity index is 1000. The van der Waals surface area contributed by atoms with Crippen LogP contribution in [-0.4, -0.2) is 40.9 Å². The van der Waals surface area contributed by atoms with Gasteiger partial charge in [-0.3, -0.25) is 24.4 Å². The number of rotatable bonds is 10. The summed E-state index contributed by atoms with van der Waals surface area (Å²) in [6.07, 6.45) is 0.218. The fourth-order valence-corrected chi connectivity index (χ4v) is 3.50. The number of anilines is 1. The van der Waals surface area contributed by atoms with E-state index in [1.54, 1.807) is 13.0 Å². The summed E-state index contributed by atoms with van der Waals surface area (Å²) in [5.74, 6) is -2.63. The fourth-order valence-electron chi connectivity index (χ4n) is 3.50. The zero-order chi connectivity index (χ0) is 24.5. The third-order valence-electron chi connectivity index (χ3n) is 5.23. The molecule has 2 aromatic rings. The van der Waals surface area contributed by atoms with Gasteiger partial charge >= 0.3 is 0 Å². The lowest BCUT2D eigenvalue weighted by Crippen LogP contribution is -2.51. The first-order chi connectivity index (χ1) is 15.6. The van der Waals surface area contributed by atoms with Crippen LogP contribution in [0.1, 0.15) is 40.5 Å². The highest BCUT2D eigenvalue weighted by Gasteiger charge is 2.27. The summed E-state index contributed by atoms with van der Waals surface area (Å²) in [6.45, 7) is 6.87. The van der Waals surface area contributed by atoms with Crippen LogP contribution in [0.5, 0.6) is 0 Å². The van der Waals surface area contributed by atoms with Crippen molar-refractivity contribution in [1.82, 2.24) is 16.1 Å². The molecule has 9 nitrogen and oxygen atoms in total. The zero-order valence-electron chi connectivity index (χ0n) is 19.3. The average molecular weight is 457 g/mol. The summed E-state index contributed by atoms with van der Waals surface area (Å²) >= 11 is 0. The second-order valence-corrected chi connectivity index (χ2v) is 8.54. The van der Waals surface area contributed by atoms with E-state index < -0.39 is 41.6 Å². The van der Waals surface area contributed by atoms with E-state index in [-0.39, 0.29) is 12.3 Å². The second-order valence-electron chi connectivity index (χ2n) is 8.54. The van der Waals surface area contributed by atoms with E-state index in [0.717, 1.165) is 10.8 Å². The van der Waals surface area contributed by atoms with E-state index in [0.29, 0.717) is 12.1 Å². The van der Waals surface area contributed by atoms with E-state index in [1.165, 1.54) is 12.4 Å². The summed E-state index contributed by atoms with van der Waals surface area (Å²) < 4.78 is 0. The Kier molecular flexibility index (Phi) is 9.35. The first-order valence-electron chi connectivity index (χ1n) is 10.9. The Morgan fingerprint density at radius 3 is 2.09 bits per heavy atom. The monoisotopic (exact) mass is 456 g/mol. The molecule has 0 radical (unpaired) electrons. The average Bonchev–Trinajstić information content (AvgIpc) is 2.78. The van der Waals surface area contributed by atoms with Crippen LogP contribution in [0, 0.1) is 11.8 Å². The molecule has 0 aliphatic carbocycles. The highest BCUT2D eigenvalue weighted by molar-refractivity contribution is 6.04. The first-order valence-corrected chi connectivity index (χ1v) is 10.9. The minimum absolute atomic E-state index is 0.133. The molecule has 0 unspecified atom stereocenters. The van der Waals surface area contributed by atoms with Gasteiger partial charge < -0.3 is 16.0 Å². The predicted molar refractivity (Wildman–Crippen MR) is 125 cm³/mol. The van der Waals surface area contributed by atoms with Crippen LogP contribution >= 0.6 is 0 Å². The normalized spacial score (nSPS) is 13.6. The van der Waals surface area contributed by atoms with Crippen molar-refractivity contribution in [2.75, 3.05) is 5.32 Å². The van der Waals surface area contributed by atoms with Gasteiger partial charge in [0.2, 0.25) is 23.6 Å². The maximum Gasteiger partial charge on any atom is 0.246 e. The third-order valence-corrected chi connectivity index (χ3v) is 5.23. The number of nitrogens with one attached hydrogen (secondary N) is 4. The van der Waals surface area contributed by atoms with Crippen molar-refractivity contribution in [1.29, 1.82) is 0 Å². The van der Waals surface area contributed by atoms with Crippen molar-refractivity contribution >= 4 is 40.1 Å². The highest BCUT2D eigenvalue weighted by Crippen LogP contribution is 2.23. The van der Waals surface area contributed by atoms with E-state index in [4.69, 9.17) is 5.21 Å². The van der Waals surface area contributed by atoms with Gasteiger partial charge in [-0.1, -0.05) is 50.2 Å². The van der Waals surface area contributed by atoms with E-state index in [9.17, 15) is 19.2 Å². The minimum atomic E-state index is -0.919. The number of benzene rings is 2.